The summed E-state index contributed by atoms with van der Waals surface area (Å²) in [6, 6.07) is 10.6. The monoisotopic (exact) mass is 326 g/mol. The van der Waals surface area contributed by atoms with E-state index in [-0.39, 0.29) is 5.92 Å². The Morgan fingerprint density at radius 1 is 1.12 bits per heavy atom. The van der Waals surface area contributed by atoms with Crippen LogP contribution in [0.5, 0.6) is 0 Å². The fourth-order valence-corrected chi connectivity index (χ4v) is 3.90. The summed E-state index contributed by atoms with van der Waals surface area (Å²) in [5, 5.41) is 12.4. The molecular formula is C19H26N4O. The van der Waals surface area contributed by atoms with Crippen LogP contribution in [-0.4, -0.2) is 49.1 Å². The van der Waals surface area contributed by atoms with Crippen LogP contribution in [-0.2, 0) is 4.79 Å². The van der Waals surface area contributed by atoms with E-state index in [2.05, 4.69) is 30.1 Å². The highest BCUT2D eigenvalue weighted by Gasteiger charge is 2.32. The molecule has 0 unspecified atom stereocenters. The lowest BCUT2D eigenvalue weighted by Gasteiger charge is -2.40. The number of carbonyl (C=O) groups excluding carboxylic acids is 1. The fourth-order valence-electron chi connectivity index (χ4n) is 3.90. The number of carbonyl (C=O) groups is 1. The van der Waals surface area contributed by atoms with E-state index in [9.17, 15) is 4.79 Å². The number of hydrogen-bond donors (Lipinski definition) is 1. The van der Waals surface area contributed by atoms with Crippen LogP contribution in [0, 0.1) is 17.2 Å². The van der Waals surface area contributed by atoms with E-state index in [1.807, 2.05) is 29.2 Å². The molecule has 5 nitrogen and oxygen atoms in total. The fraction of sp³-hybridized carbons (Fsp3) is 0.579. The van der Waals surface area contributed by atoms with Gasteiger partial charge in [-0.1, -0.05) is 0 Å². The van der Waals surface area contributed by atoms with Gasteiger partial charge in [-0.2, -0.15) is 5.26 Å². The number of rotatable bonds is 2. The minimum absolute atomic E-state index is 0.150. The third-order valence-electron chi connectivity index (χ3n) is 5.07. The molecule has 1 aromatic carbocycles. The number of nitrogens with zero attached hydrogens (tertiary/aromatic N) is 3. The van der Waals surface area contributed by atoms with Crippen LogP contribution in [0.3, 0.4) is 0 Å². The van der Waals surface area contributed by atoms with Gasteiger partial charge in [-0.15, -0.1) is 0 Å². The van der Waals surface area contributed by atoms with E-state index in [1.165, 1.54) is 0 Å². The predicted molar refractivity (Wildman–Crippen MR) is 94.7 cm³/mol. The highest BCUT2D eigenvalue weighted by molar-refractivity contribution is 5.79. The lowest BCUT2D eigenvalue weighted by Crippen LogP contribution is -2.57. The normalized spacial score (nSPS) is 25.4. The third-order valence-corrected chi connectivity index (χ3v) is 5.07. The number of benzene rings is 1. The van der Waals surface area contributed by atoms with Crippen molar-refractivity contribution in [3.63, 3.8) is 0 Å². The van der Waals surface area contributed by atoms with Crippen LogP contribution >= 0.6 is 0 Å². The topological polar surface area (TPSA) is 59.4 Å². The van der Waals surface area contributed by atoms with E-state index < -0.39 is 0 Å². The smallest absolute Gasteiger partial charge is 0.225 e. The molecule has 3 rings (SSSR count). The van der Waals surface area contributed by atoms with Gasteiger partial charge in [-0.05, 0) is 51.0 Å². The van der Waals surface area contributed by atoms with Crippen molar-refractivity contribution in [2.24, 2.45) is 5.92 Å². The Hall–Kier alpha value is -2.06. The molecule has 0 spiro atoms. The van der Waals surface area contributed by atoms with Crippen molar-refractivity contribution in [2.75, 3.05) is 31.1 Å². The summed E-state index contributed by atoms with van der Waals surface area (Å²) in [4.78, 5) is 17.2. The Kier molecular flexibility index (Phi) is 5.06. The van der Waals surface area contributed by atoms with E-state index in [4.69, 9.17) is 5.26 Å². The molecule has 1 N–H and O–H groups in total. The number of amides is 1. The molecular weight excluding hydrogens is 300 g/mol. The van der Waals surface area contributed by atoms with Crippen molar-refractivity contribution in [1.82, 2.24) is 10.2 Å². The van der Waals surface area contributed by atoms with E-state index in [0.717, 1.165) is 44.7 Å². The maximum atomic E-state index is 12.8. The summed E-state index contributed by atoms with van der Waals surface area (Å²) in [5.74, 6) is 0.479. The number of piperidine rings is 1. The minimum Gasteiger partial charge on any atom is -0.371 e. The Bertz CT molecular complexity index is 603. The Balaban J connectivity index is 1.56. The van der Waals surface area contributed by atoms with Gasteiger partial charge in [-0.3, -0.25) is 4.79 Å². The molecule has 2 atom stereocenters. The summed E-state index contributed by atoms with van der Waals surface area (Å²) in [5.41, 5.74) is 1.83. The van der Waals surface area contributed by atoms with Gasteiger partial charge in [0.2, 0.25) is 5.91 Å². The lowest BCUT2D eigenvalue weighted by atomic mass is 9.94. The molecule has 0 saturated carbocycles. The molecule has 0 aromatic heterocycles. The van der Waals surface area contributed by atoms with Crippen LogP contribution in [0.1, 0.15) is 32.3 Å². The molecule has 0 aliphatic carbocycles. The zero-order valence-electron chi connectivity index (χ0n) is 14.5. The number of hydrogen-bond acceptors (Lipinski definition) is 4. The predicted octanol–water partition coefficient (Wildman–Crippen LogP) is 1.98. The van der Waals surface area contributed by atoms with Gasteiger partial charge in [-0.25, -0.2) is 0 Å². The number of anilines is 1. The molecule has 0 bridgehead atoms. The first-order valence-corrected chi connectivity index (χ1v) is 8.86. The summed E-state index contributed by atoms with van der Waals surface area (Å²) in [6.45, 7) is 7.73. The van der Waals surface area contributed by atoms with Crippen molar-refractivity contribution in [3.05, 3.63) is 29.8 Å². The van der Waals surface area contributed by atoms with Crippen LogP contribution in [0.15, 0.2) is 24.3 Å². The molecule has 2 fully saturated rings. The van der Waals surface area contributed by atoms with Crippen molar-refractivity contribution in [3.8, 4) is 6.07 Å². The minimum atomic E-state index is 0.150. The molecule has 2 aliphatic rings. The first-order chi connectivity index (χ1) is 11.6. The molecule has 24 heavy (non-hydrogen) atoms. The third kappa shape index (κ3) is 3.70. The summed E-state index contributed by atoms with van der Waals surface area (Å²) < 4.78 is 0. The highest BCUT2D eigenvalue weighted by Crippen LogP contribution is 2.25. The maximum Gasteiger partial charge on any atom is 0.225 e. The van der Waals surface area contributed by atoms with E-state index in [0.29, 0.717) is 23.6 Å². The van der Waals surface area contributed by atoms with E-state index in [1.54, 1.807) is 0 Å². The van der Waals surface area contributed by atoms with Gasteiger partial charge in [0, 0.05) is 49.9 Å². The van der Waals surface area contributed by atoms with Crippen LogP contribution in [0.4, 0.5) is 5.69 Å². The van der Waals surface area contributed by atoms with Crippen molar-refractivity contribution >= 4 is 11.6 Å². The molecule has 2 heterocycles. The van der Waals surface area contributed by atoms with Crippen molar-refractivity contribution in [1.29, 1.82) is 5.26 Å². The van der Waals surface area contributed by atoms with Crippen LogP contribution in [0.25, 0.3) is 0 Å². The maximum absolute atomic E-state index is 12.8. The SMILES string of the molecule is C[C@H]1CN(C(=O)C2CCN(c3ccc(C#N)cc3)CC2)C[C@H](C)N1. The highest BCUT2D eigenvalue weighted by atomic mass is 16.2. The Labute approximate surface area is 144 Å². The average Bonchev–Trinajstić information content (AvgIpc) is 2.60. The summed E-state index contributed by atoms with van der Waals surface area (Å²) in [7, 11) is 0. The second-order valence-corrected chi connectivity index (χ2v) is 7.13. The van der Waals surface area contributed by atoms with Gasteiger partial charge in [0.15, 0.2) is 0 Å². The molecule has 5 heteroatoms. The number of nitrogens with one attached hydrogen (secondary N) is 1. The lowest BCUT2D eigenvalue weighted by molar-refractivity contribution is -0.138. The molecule has 128 valence electrons. The van der Waals surface area contributed by atoms with Crippen molar-refractivity contribution in [2.45, 2.75) is 38.8 Å². The zero-order valence-corrected chi connectivity index (χ0v) is 14.5. The molecule has 2 saturated heterocycles. The largest absolute Gasteiger partial charge is 0.371 e. The molecule has 2 aliphatic heterocycles. The second kappa shape index (κ2) is 7.23. The first kappa shape index (κ1) is 16.8. The van der Waals surface area contributed by atoms with Crippen molar-refractivity contribution < 1.29 is 4.79 Å². The summed E-state index contributed by atoms with van der Waals surface area (Å²) >= 11 is 0. The standard InChI is InChI=1S/C19H26N4O/c1-14-12-23(13-15(2)21-14)19(24)17-7-9-22(10-8-17)18-5-3-16(11-20)4-6-18/h3-6,14-15,17,21H,7-10,12-13H2,1-2H3/t14-,15-/m0/s1. The Morgan fingerprint density at radius 2 is 1.71 bits per heavy atom. The Morgan fingerprint density at radius 3 is 2.25 bits per heavy atom. The summed E-state index contributed by atoms with van der Waals surface area (Å²) in [6.07, 6.45) is 1.82. The van der Waals surface area contributed by atoms with Gasteiger partial charge >= 0.3 is 0 Å². The number of nitriles is 1. The van der Waals surface area contributed by atoms with Gasteiger partial charge in [0.25, 0.3) is 0 Å². The van der Waals surface area contributed by atoms with Crippen LogP contribution < -0.4 is 10.2 Å². The number of piperazine rings is 1. The van der Waals surface area contributed by atoms with Gasteiger partial charge in [0.1, 0.15) is 0 Å². The average molecular weight is 326 g/mol. The van der Waals surface area contributed by atoms with E-state index >= 15 is 0 Å². The molecule has 1 amide bonds. The first-order valence-electron chi connectivity index (χ1n) is 8.86. The zero-order chi connectivity index (χ0) is 17.1. The van der Waals surface area contributed by atoms with Gasteiger partial charge < -0.3 is 15.1 Å². The van der Waals surface area contributed by atoms with Crippen LogP contribution in [0.2, 0.25) is 0 Å². The second-order valence-electron chi connectivity index (χ2n) is 7.13. The molecule has 1 aromatic rings. The quantitative estimate of drug-likeness (QED) is 0.903. The molecule has 0 radical (unpaired) electrons. The van der Waals surface area contributed by atoms with Gasteiger partial charge in [0.05, 0.1) is 11.6 Å².